The Bertz CT molecular complexity index is 1500. The van der Waals surface area contributed by atoms with Gasteiger partial charge in [-0.3, -0.25) is 4.79 Å². The van der Waals surface area contributed by atoms with Crippen LogP contribution in [0.5, 0.6) is 0 Å². The molecule has 2 N–H and O–H groups in total. The Morgan fingerprint density at radius 1 is 0.925 bits per heavy atom. The number of carbonyl (C=O) groups is 3. The summed E-state index contributed by atoms with van der Waals surface area (Å²) in [6.45, 7) is 1.74. The van der Waals surface area contributed by atoms with Gasteiger partial charge in [-0.25, -0.2) is 14.6 Å². The minimum atomic E-state index is -1.13. The molecule has 0 unspecified atom stereocenters. The maximum absolute atomic E-state index is 13.0. The molecule has 2 atom stereocenters. The molecule has 3 aromatic carbocycles. The molecule has 1 heterocycles. The second-order valence-corrected chi connectivity index (χ2v) is 9.70. The number of fused-ring (bicyclic) bond motifs is 3. The van der Waals surface area contributed by atoms with E-state index in [2.05, 4.69) is 27.8 Å². The van der Waals surface area contributed by atoms with Gasteiger partial charge in [0.1, 0.15) is 12.6 Å². The number of nitrogens with zero attached hydrogens (tertiary/aromatic N) is 2. The van der Waals surface area contributed by atoms with E-state index in [0.29, 0.717) is 5.56 Å². The van der Waals surface area contributed by atoms with Crippen LogP contribution in [0.1, 0.15) is 34.3 Å². The van der Waals surface area contributed by atoms with E-state index in [1.54, 1.807) is 43.7 Å². The third-order valence-corrected chi connectivity index (χ3v) is 7.19. The van der Waals surface area contributed by atoms with Crippen LogP contribution in [-0.2, 0) is 21.3 Å². The van der Waals surface area contributed by atoms with Crippen molar-refractivity contribution in [2.45, 2.75) is 24.9 Å². The molecule has 40 heavy (non-hydrogen) atoms. The highest BCUT2D eigenvalue weighted by Crippen LogP contribution is 2.44. The predicted octanol–water partition coefficient (Wildman–Crippen LogP) is 4.29. The average molecular weight is 539 g/mol. The second-order valence-electron chi connectivity index (χ2n) is 9.70. The molecule has 5 rings (SSSR count). The highest BCUT2D eigenvalue weighted by atomic mass is 16.5. The third kappa shape index (κ3) is 5.31. The number of esters is 1. The van der Waals surface area contributed by atoms with Gasteiger partial charge < -0.3 is 24.7 Å². The Labute approximate surface area is 232 Å². The molecule has 1 aromatic heterocycles. The first kappa shape index (κ1) is 26.7. The molecule has 9 heteroatoms. The van der Waals surface area contributed by atoms with Crippen molar-refractivity contribution in [3.05, 3.63) is 102 Å². The first-order valence-corrected chi connectivity index (χ1v) is 12.9. The van der Waals surface area contributed by atoms with E-state index in [4.69, 9.17) is 9.47 Å². The van der Waals surface area contributed by atoms with E-state index in [1.807, 2.05) is 48.0 Å². The van der Waals surface area contributed by atoms with Crippen LogP contribution >= 0.6 is 0 Å². The zero-order chi connectivity index (χ0) is 28.2. The molecule has 0 saturated heterocycles. The number of rotatable bonds is 8. The van der Waals surface area contributed by atoms with Crippen molar-refractivity contribution in [3.63, 3.8) is 0 Å². The molecule has 0 bridgehead atoms. The van der Waals surface area contributed by atoms with Crippen LogP contribution in [0.3, 0.4) is 0 Å². The van der Waals surface area contributed by atoms with Crippen molar-refractivity contribution in [2.75, 3.05) is 13.7 Å². The summed E-state index contributed by atoms with van der Waals surface area (Å²) in [5, 5.41) is 5.35. The summed E-state index contributed by atoms with van der Waals surface area (Å²) in [6.07, 6.45) is 2.74. The first-order chi connectivity index (χ1) is 19.4. The van der Waals surface area contributed by atoms with E-state index < -0.39 is 30.1 Å². The van der Waals surface area contributed by atoms with E-state index >= 15 is 0 Å². The number of ether oxygens (including phenoxy) is 2. The Hall–Kier alpha value is -4.92. The number of nitrogens with one attached hydrogen (secondary N) is 2. The van der Waals surface area contributed by atoms with Crippen LogP contribution in [-0.4, -0.2) is 53.3 Å². The smallest absolute Gasteiger partial charge is 0.407 e. The lowest BCUT2D eigenvalue weighted by Crippen LogP contribution is -2.54. The van der Waals surface area contributed by atoms with E-state index in [9.17, 15) is 14.4 Å². The number of amides is 2. The van der Waals surface area contributed by atoms with Gasteiger partial charge in [0.15, 0.2) is 0 Å². The van der Waals surface area contributed by atoms with Crippen LogP contribution in [0.25, 0.3) is 22.4 Å². The first-order valence-electron chi connectivity index (χ1n) is 12.9. The molecule has 0 radical (unpaired) electrons. The molecule has 0 fully saturated rings. The number of hydrogen-bond acceptors (Lipinski definition) is 6. The van der Waals surface area contributed by atoms with Gasteiger partial charge in [0.05, 0.1) is 31.4 Å². The van der Waals surface area contributed by atoms with E-state index in [0.717, 1.165) is 33.5 Å². The minimum absolute atomic E-state index is 0.0983. The number of methoxy groups -OCH3 is 1. The van der Waals surface area contributed by atoms with Gasteiger partial charge in [-0.2, -0.15) is 0 Å². The SMILES string of the molecule is COC(=O)[C@@H](NC(=O)c1ccc(-c2cncn2C)cc1)[C@@H](C)NC(=O)OCC1c2ccccc2-c2ccccc21. The summed E-state index contributed by atoms with van der Waals surface area (Å²) < 4.78 is 12.4. The maximum atomic E-state index is 13.0. The normalized spacial score (nSPS) is 13.5. The number of alkyl carbamates (subject to hydrolysis) is 1. The predicted molar refractivity (Wildman–Crippen MR) is 150 cm³/mol. The van der Waals surface area contributed by atoms with Gasteiger partial charge in [0.25, 0.3) is 5.91 Å². The van der Waals surface area contributed by atoms with Crippen molar-refractivity contribution in [1.29, 1.82) is 0 Å². The van der Waals surface area contributed by atoms with Crippen molar-refractivity contribution >= 4 is 18.0 Å². The fraction of sp³-hybridized carbons (Fsp3) is 0.226. The second kappa shape index (κ2) is 11.4. The zero-order valence-corrected chi connectivity index (χ0v) is 22.5. The van der Waals surface area contributed by atoms with Gasteiger partial charge in [-0.05, 0) is 46.9 Å². The molecule has 9 nitrogen and oxygen atoms in total. The summed E-state index contributed by atoms with van der Waals surface area (Å²) >= 11 is 0. The van der Waals surface area contributed by atoms with Crippen molar-refractivity contribution in [2.24, 2.45) is 7.05 Å². The van der Waals surface area contributed by atoms with Crippen LogP contribution in [0.15, 0.2) is 85.3 Å². The van der Waals surface area contributed by atoms with Crippen LogP contribution in [0.4, 0.5) is 4.79 Å². The number of benzene rings is 3. The lowest BCUT2D eigenvalue weighted by molar-refractivity contribution is -0.143. The topological polar surface area (TPSA) is 112 Å². The number of aryl methyl sites for hydroxylation is 1. The van der Waals surface area contributed by atoms with Gasteiger partial charge in [0.2, 0.25) is 0 Å². The summed E-state index contributed by atoms with van der Waals surface area (Å²) in [7, 11) is 3.11. The molecular formula is C31H30N4O5. The molecule has 2 amide bonds. The van der Waals surface area contributed by atoms with Crippen LogP contribution in [0.2, 0.25) is 0 Å². The minimum Gasteiger partial charge on any atom is -0.467 e. The molecule has 0 saturated carbocycles. The standard InChI is InChI=1S/C31H30N4O5/c1-19(33-31(38)40-17-26-24-10-6-4-8-22(24)23-9-5-7-11-25(23)26)28(30(37)39-3)34-29(36)21-14-12-20(13-15-21)27-16-32-18-35(27)2/h4-16,18-19,26,28H,17H2,1-3H3,(H,33,38)(H,34,36)/t19-,28+/m1/s1. The third-order valence-electron chi connectivity index (χ3n) is 7.19. The number of carbonyl (C=O) groups excluding carboxylic acids is 3. The summed E-state index contributed by atoms with van der Waals surface area (Å²) in [5.41, 5.74) is 6.60. The van der Waals surface area contributed by atoms with Crippen molar-refractivity contribution < 1.29 is 23.9 Å². The Morgan fingerprint density at radius 3 is 2.12 bits per heavy atom. The van der Waals surface area contributed by atoms with E-state index in [-0.39, 0.29) is 12.5 Å². The van der Waals surface area contributed by atoms with Crippen LogP contribution < -0.4 is 10.6 Å². The number of imidazole rings is 1. The van der Waals surface area contributed by atoms with Crippen LogP contribution in [0, 0.1) is 0 Å². The highest BCUT2D eigenvalue weighted by Gasteiger charge is 2.32. The Balaban J connectivity index is 1.22. The summed E-state index contributed by atoms with van der Waals surface area (Å²) in [6, 6.07) is 21.1. The van der Waals surface area contributed by atoms with Gasteiger partial charge >= 0.3 is 12.1 Å². The monoisotopic (exact) mass is 538 g/mol. The summed E-state index contributed by atoms with van der Waals surface area (Å²) in [5.74, 6) is -1.27. The van der Waals surface area contributed by atoms with Gasteiger partial charge in [0, 0.05) is 18.5 Å². The van der Waals surface area contributed by atoms with E-state index in [1.165, 1.54) is 7.11 Å². The fourth-order valence-corrected chi connectivity index (χ4v) is 5.08. The Morgan fingerprint density at radius 2 is 1.55 bits per heavy atom. The number of aromatic nitrogens is 2. The summed E-state index contributed by atoms with van der Waals surface area (Å²) in [4.78, 5) is 42.4. The molecular weight excluding hydrogens is 508 g/mol. The largest absolute Gasteiger partial charge is 0.467 e. The zero-order valence-electron chi connectivity index (χ0n) is 22.5. The fourth-order valence-electron chi connectivity index (χ4n) is 5.08. The molecule has 0 aliphatic heterocycles. The lowest BCUT2D eigenvalue weighted by atomic mass is 9.98. The van der Waals surface area contributed by atoms with Gasteiger partial charge in [-0.1, -0.05) is 60.7 Å². The molecule has 1 aliphatic rings. The quantitative estimate of drug-likeness (QED) is 0.324. The highest BCUT2D eigenvalue weighted by molar-refractivity contribution is 5.97. The molecule has 0 spiro atoms. The lowest BCUT2D eigenvalue weighted by Gasteiger charge is -2.24. The van der Waals surface area contributed by atoms with Crippen molar-refractivity contribution in [3.8, 4) is 22.4 Å². The average Bonchev–Trinajstić information content (AvgIpc) is 3.55. The molecule has 204 valence electrons. The Kier molecular flexibility index (Phi) is 7.63. The molecule has 1 aliphatic carbocycles. The maximum Gasteiger partial charge on any atom is 0.407 e. The number of hydrogen-bond donors (Lipinski definition) is 2. The van der Waals surface area contributed by atoms with Crippen molar-refractivity contribution in [1.82, 2.24) is 20.2 Å². The van der Waals surface area contributed by atoms with Gasteiger partial charge in [-0.15, -0.1) is 0 Å². The molecule has 4 aromatic rings.